The number of fused-ring (bicyclic) bond motifs is 1. The van der Waals surface area contributed by atoms with Crippen molar-refractivity contribution >= 4 is 23.4 Å². The zero-order chi connectivity index (χ0) is 13.2. The Hall–Kier alpha value is -1.56. The molecule has 2 aromatic heterocycles. The molecule has 1 aliphatic rings. The van der Waals surface area contributed by atoms with E-state index in [-0.39, 0.29) is 5.97 Å². The van der Waals surface area contributed by atoms with E-state index in [0.717, 1.165) is 18.0 Å². The molecule has 0 radical (unpaired) electrons. The van der Waals surface area contributed by atoms with Gasteiger partial charge in [-0.3, -0.25) is 4.40 Å². The third kappa shape index (κ3) is 2.20. The van der Waals surface area contributed by atoms with Gasteiger partial charge < -0.3 is 4.74 Å². The number of nitrogens with zero attached hydrogens (tertiary/aromatic N) is 3. The van der Waals surface area contributed by atoms with Gasteiger partial charge >= 0.3 is 5.97 Å². The molecule has 0 spiro atoms. The summed E-state index contributed by atoms with van der Waals surface area (Å²) >= 11 is 1.93. The highest BCUT2D eigenvalue weighted by Crippen LogP contribution is 2.30. The Labute approximate surface area is 115 Å². The molecule has 0 amide bonds. The van der Waals surface area contributed by atoms with Crippen LogP contribution in [0.1, 0.15) is 35.1 Å². The Bertz CT molecular complexity index is 605. The summed E-state index contributed by atoms with van der Waals surface area (Å²) in [5.41, 5.74) is 1.20. The van der Waals surface area contributed by atoms with Crippen molar-refractivity contribution in [1.82, 2.24) is 14.6 Å². The molecule has 1 aliphatic heterocycles. The van der Waals surface area contributed by atoms with E-state index in [1.807, 2.05) is 22.2 Å². The lowest BCUT2D eigenvalue weighted by Crippen LogP contribution is -2.16. The lowest BCUT2D eigenvalue weighted by Gasteiger charge is -2.20. The van der Waals surface area contributed by atoms with Crippen LogP contribution in [-0.4, -0.2) is 39.2 Å². The summed E-state index contributed by atoms with van der Waals surface area (Å²) < 4.78 is 6.67. The standard InChI is InChI=1S/C13H15N3O2S/c1-18-13(17)10-5-2-6-11-14-15-12(16(10)11)9-4-3-7-19-8-9/h2,5-6,9H,3-4,7-8H2,1H3. The molecule has 1 fully saturated rings. The van der Waals surface area contributed by atoms with Gasteiger partial charge in [0, 0.05) is 11.7 Å². The van der Waals surface area contributed by atoms with Crippen molar-refractivity contribution in [2.24, 2.45) is 0 Å². The van der Waals surface area contributed by atoms with Crippen LogP contribution in [0, 0.1) is 0 Å². The minimum Gasteiger partial charge on any atom is -0.464 e. The quantitative estimate of drug-likeness (QED) is 0.787. The molecule has 0 N–H and O–H groups in total. The summed E-state index contributed by atoms with van der Waals surface area (Å²) in [5, 5.41) is 8.46. The monoisotopic (exact) mass is 277 g/mol. The smallest absolute Gasteiger partial charge is 0.355 e. The second-order valence-corrected chi connectivity index (χ2v) is 5.72. The minimum absolute atomic E-state index is 0.352. The summed E-state index contributed by atoms with van der Waals surface area (Å²) in [6.07, 6.45) is 2.29. The van der Waals surface area contributed by atoms with E-state index in [4.69, 9.17) is 4.74 Å². The molecule has 1 unspecified atom stereocenters. The zero-order valence-electron chi connectivity index (χ0n) is 10.7. The first-order valence-corrected chi connectivity index (χ1v) is 7.47. The molecule has 5 nitrogen and oxygen atoms in total. The molecule has 3 heterocycles. The maximum absolute atomic E-state index is 11.9. The Morgan fingerprint density at radius 2 is 2.37 bits per heavy atom. The second-order valence-electron chi connectivity index (χ2n) is 4.57. The van der Waals surface area contributed by atoms with Crippen LogP contribution in [0.15, 0.2) is 18.2 Å². The van der Waals surface area contributed by atoms with Crippen molar-refractivity contribution in [2.45, 2.75) is 18.8 Å². The fourth-order valence-corrected chi connectivity index (χ4v) is 3.57. The summed E-state index contributed by atoms with van der Waals surface area (Å²) in [5.74, 6) is 3.13. The number of carbonyl (C=O) groups excluding carboxylic acids is 1. The number of methoxy groups -OCH3 is 1. The lowest BCUT2D eigenvalue weighted by atomic mass is 10.0. The number of hydrogen-bond acceptors (Lipinski definition) is 5. The van der Waals surface area contributed by atoms with Crippen LogP contribution in [0.25, 0.3) is 5.65 Å². The van der Waals surface area contributed by atoms with Crippen molar-refractivity contribution in [1.29, 1.82) is 0 Å². The number of carbonyl (C=O) groups is 1. The molecule has 1 saturated heterocycles. The van der Waals surface area contributed by atoms with Gasteiger partial charge in [-0.2, -0.15) is 11.8 Å². The molecular formula is C13H15N3O2S. The lowest BCUT2D eigenvalue weighted by molar-refractivity contribution is 0.0592. The number of rotatable bonds is 2. The van der Waals surface area contributed by atoms with Gasteiger partial charge in [0.15, 0.2) is 5.65 Å². The Kier molecular flexibility index (Phi) is 3.42. The van der Waals surface area contributed by atoms with Crippen LogP contribution in [0.2, 0.25) is 0 Å². The maximum atomic E-state index is 11.9. The summed E-state index contributed by atoms with van der Waals surface area (Å²) in [4.78, 5) is 11.9. The number of hydrogen-bond donors (Lipinski definition) is 0. The van der Waals surface area contributed by atoms with Crippen molar-refractivity contribution in [3.8, 4) is 0 Å². The van der Waals surface area contributed by atoms with Gasteiger partial charge in [0.2, 0.25) is 0 Å². The number of esters is 1. The number of ether oxygens (including phenoxy) is 1. The first-order chi connectivity index (χ1) is 9.31. The van der Waals surface area contributed by atoms with Gasteiger partial charge in [-0.1, -0.05) is 6.07 Å². The van der Waals surface area contributed by atoms with Gasteiger partial charge in [-0.15, -0.1) is 10.2 Å². The Morgan fingerprint density at radius 3 is 3.11 bits per heavy atom. The molecule has 0 aromatic carbocycles. The van der Waals surface area contributed by atoms with Gasteiger partial charge in [-0.05, 0) is 30.7 Å². The van der Waals surface area contributed by atoms with Crippen LogP contribution in [0.5, 0.6) is 0 Å². The molecular weight excluding hydrogens is 262 g/mol. The van der Waals surface area contributed by atoms with Crippen LogP contribution < -0.4 is 0 Å². The fourth-order valence-electron chi connectivity index (χ4n) is 2.44. The largest absolute Gasteiger partial charge is 0.464 e. The molecule has 3 rings (SSSR count). The van der Waals surface area contributed by atoms with Gasteiger partial charge in [0.25, 0.3) is 0 Å². The normalized spacial score (nSPS) is 19.5. The average Bonchev–Trinajstić information content (AvgIpc) is 2.91. The van der Waals surface area contributed by atoms with Crippen LogP contribution in [0.3, 0.4) is 0 Å². The van der Waals surface area contributed by atoms with E-state index in [2.05, 4.69) is 10.2 Å². The van der Waals surface area contributed by atoms with Crippen molar-refractivity contribution < 1.29 is 9.53 Å². The van der Waals surface area contributed by atoms with E-state index in [9.17, 15) is 4.79 Å². The Balaban J connectivity index is 2.11. The molecule has 2 aromatic rings. The van der Waals surface area contributed by atoms with E-state index in [1.54, 1.807) is 12.1 Å². The van der Waals surface area contributed by atoms with Crippen LogP contribution >= 0.6 is 11.8 Å². The van der Waals surface area contributed by atoms with Crippen molar-refractivity contribution in [3.63, 3.8) is 0 Å². The van der Waals surface area contributed by atoms with E-state index in [0.29, 0.717) is 17.3 Å². The average molecular weight is 277 g/mol. The second kappa shape index (κ2) is 5.21. The molecule has 19 heavy (non-hydrogen) atoms. The number of aromatic nitrogens is 3. The zero-order valence-corrected chi connectivity index (χ0v) is 11.5. The van der Waals surface area contributed by atoms with E-state index in [1.165, 1.54) is 19.3 Å². The maximum Gasteiger partial charge on any atom is 0.355 e. The molecule has 0 bridgehead atoms. The fraction of sp³-hybridized carbons (Fsp3) is 0.462. The van der Waals surface area contributed by atoms with Crippen molar-refractivity contribution in [2.75, 3.05) is 18.6 Å². The highest BCUT2D eigenvalue weighted by atomic mass is 32.2. The topological polar surface area (TPSA) is 56.5 Å². The Morgan fingerprint density at radius 1 is 1.47 bits per heavy atom. The van der Waals surface area contributed by atoms with Gasteiger partial charge in [0.05, 0.1) is 7.11 Å². The highest BCUT2D eigenvalue weighted by molar-refractivity contribution is 7.99. The molecule has 100 valence electrons. The van der Waals surface area contributed by atoms with E-state index < -0.39 is 0 Å². The SMILES string of the molecule is COC(=O)c1cccc2nnc(C3CCCSC3)n12. The molecule has 0 aliphatic carbocycles. The van der Waals surface area contributed by atoms with Gasteiger partial charge in [0.1, 0.15) is 11.5 Å². The van der Waals surface area contributed by atoms with Crippen molar-refractivity contribution in [3.05, 3.63) is 29.7 Å². The third-order valence-electron chi connectivity index (χ3n) is 3.37. The number of pyridine rings is 1. The minimum atomic E-state index is -0.352. The van der Waals surface area contributed by atoms with Gasteiger partial charge in [-0.25, -0.2) is 4.79 Å². The highest BCUT2D eigenvalue weighted by Gasteiger charge is 2.23. The first-order valence-electron chi connectivity index (χ1n) is 6.31. The molecule has 0 saturated carbocycles. The predicted octanol–water partition coefficient (Wildman–Crippen LogP) is 2.13. The molecule has 6 heteroatoms. The summed E-state index contributed by atoms with van der Waals surface area (Å²) in [6.45, 7) is 0. The van der Waals surface area contributed by atoms with Crippen LogP contribution in [-0.2, 0) is 4.74 Å². The number of thioether (sulfide) groups is 1. The molecule has 1 atom stereocenters. The van der Waals surface area contributed by atoms with E-state index >= 15 is 0 Å². The van der Waals surface area contributed by atoms with Crippen LogP contribution in [0.4, 0.5) is 0 Å². The predicted molar refractivity (Wildman–Crippen MR) is 73.6 cm³/mol. The third-order valence-corrected chi connectivity index (χ3v) is 4.59. The summed E-state index contributed by atoms with van der Waals surface area (Å²) in [7, 11) is 1.39. The summed E-state index contributed by atoms with van der Waals surface area (Å²) in [6, 6.07) is 5.41. The first kappa shape index (κ1) is 12.5.